The van der Waals surface area contributed by atoms with E-state index in [1.165, 1.54) is 0 Å². The number of nitrogens with two attached hydrogens (primary N) is 1. The number of aromatic nitrogens is 1. The van der Waals surface area contributed by atoms with Crippen LogP contribution in [0.5, 0.6) is 0 Å². The average Bonchev–Trinajstić information content (AvgIpc) is 2.25. The molecule has 6 heteroatoms. The Kier molecular flexibility index (Phi) is 4.85. The van der Waals surface area contributed by atoms with Gasteiger partial charge in [-0.1, -0.05) is 0 Å². The van der Waals surface area contributed by atoms with Gasteiger partial charge in [-0.25, -0.2) is 9.78 Å². The first-order valence-electron chi connectivity index (χ1n) is 6.07. The first kappa shape index (κ1) is 15.4. The van der Waals surface area contributed by atoms with E-state index in [0.717, 1.165) is 11.1 Å². The number of amides is 1. The molecule has 0 saturated carbocycles. The lowest BCUT2D eigenvalue weighted by Crippen LogP contribution is -2.27. The van der Waals surface area contributed by atoms with Crippen LogP contribution in [0.15, 0.2) is 6.07 Å². The molecule has 0 aliphatic heterocycles. The molecule has 0 aliphatic rings. The third-order valence-electron chi connectivity index (χ3n) is 2.42. The van der Waals surface area contributed by atoms with E-state index < -0.39 is 11.7 Å². The summed E-state index contributed by atoms with van der Waals surface area (Å²) in [6.45, 7) is 7.26. The van der Waals surface area contributed by atoms with E-state index in [2.05, 4.69) is 10.3 Å². The molecule has 106 valence electrons. The number of aliphatic hydroxyl groups is 1. The third-order valence-corrected chi connectivity index (χ3v) is 2.42. The van der Waals surface area contributed by atoms with E-state index in [0.29, 0.717) is 18.1 Å². The van der Waals surface area contributed by atoms with Gasteiger partial charge in [-0.15, -0.1) is 0 Å². The van der Waals surface area contributed by atoms with Crippen molar-refractivity contribution in [2.24, 2.45) is 5.73 Å². The smallest absolute Gasteiger partial charge is 0.413 e. The largest absolute Gasteiger partial charge is 0.444 e. The van der Waals surface area contributed by atoms with Crippen LogP contribution in [0.4, 0.5) is 10.6 Å². The van der Waals surface area contributed by atoms with Gasteiger partial charge in [0, 0.05) is 6.54 Å². The van der Waals surface area contributed by atoms with Crippen molar-refractivity contribution in [1.29, 1.82) is 0 Å². The average molecular weight is 267 g/mol. The summed E-state index contributed by atoms with van der Waals surface area (Å²) in [7, 11) is 0. The predicted octanol–water partition coefficient (Wildman–Crippen LogP) is 1.69. The van der Waals surface area contributed by atoms with Crippen LogP contribution in [-0.2, 0) is 17.9 Å². The zero-order valence-electron chi connectivity index (χ0n) is 11.8. The molecule has 0 aliphatic carbocycles. The number of aliphatic hydroxyl groups excluding tert-OH is 1. The fourth-order valence-corrected chi connectivity index (χ4v) is 1.65. The molecule has 1 aromatic rings. The van der Waals surface area contributed by atoms with Crippen molar-refractivity contribution in [3.05, 3.63) is 22.9 Å². The van der Waals surface area contributed by atoms with Gasteiger partial charge >= 0.3 is 6.09 Å². The molecule has 0 unspecified atom stereocenters. The molecule has 4 N–H and O–H groups in total. The number of hydrogen-bond donors (Lipinski definition) is 3. The standard InChI is InChI=1S/C13H21N3O3/c1-8-5-11(15-10(7-17)9(8)6-14)16-12(18)19-13(2,3)4/h5,17H,6-7,14H2,1-4H3,(H,15,16,18). The van der Waals surface area contributed by atoms with Gasteiger partial charge in [0.2, 0.25) is 0 Å². The minimum absolute atomic E-state index is 0.225. The van der Waals surface area contributed by atoms with Gasteiger partial charge in [0.1, 0.15) is 11.4 Å². The highest BCUT2D eigenvalue weighted by atomic mass is 16.6. The van der Waals surface area contributed by atoms with Gasteiger partial charge in [-0.05, 0) is 44.9 Å². The molecular weight excluding hydrogens is 246 g/mol. The van der Waals surface area contributed by atoms with Crippen molar-refractivity contribution in [2.75, 3.05) is 5.32 Å². The van der Waals surface area contributed by atoms with Crippen LogP contribution in [-0.4, -0.2) is 21.8 Å². The number of pyridine rings is 1. The number of ether oxygens (including phenoxy) is 1. The van der Waals surface area contributed by atoms with E-state index >= 15 is 0 Å². The number of aryl methyl sites for hydroxylation is 1. The van der Waals surface area contributed by atoms with Crippen LogP contribution >= 0.6 is 0 Å². The fourth-order valence-electron chi connectivity index (χ4n) is 1.65. The van der Waals surface area contributed by atoms with Gasteiger partial charge < -0.3 is 15.6 Å². The first-order chi connectivity index (χ1) is 8.76. The highest BCUT2D eigenvalue weighted by Crippen LogP contribution is 2.17. The summed E-state index contributed by atoms with van der Waals surface area (Å²) < 4.78 is 5.13. The molecular formula is C13H21N3O3. The van der Waals surface area contributed by atoms with Gasteiger partial charge in [0.15, 0.2) is 0 Å². The summed E-state index contributed by atoms with van der Waals surface area (Å²) in [5.41, 5.74) is 7.15. The molecule has 1 aromatic heterocycles. The summed E-state index contributed by atoms with van der Waals surface area (Å²) >= 11 is 0. The third kappa shape index (κ3) is 4.50. The highest BCUT2D eigenvalue weighted by Gasteiger charge is 2.17. The van der Waals surface area contributed by atoms with Crippen molar-refractivity contribution in [2.45, 2.75) is 46.4 Å². The number of rotatable bonds is 3. The lowest BCUT2D eigenvalue weighted by atomic mass is 10.1. The van der Waals surface area contributed by atoms with Crippen LogP contribution in [0.25, 0.3) is 0 Å². The summed E-state index contributed by atoms with van der Waals surface area (Å²) in [4.78, 5) is 15.8. The first-order valence-corrected chi connectivity index (χ1v) is 6.07. The van der Waals surface area contributed by atoms with Gasteiger partial charge in [-0.3, -0.25) is 5.32 Å². The topological polar surface area (TPSA) is 97.5 Å². The minimum Gasteiger partial charge on any atom is -0.444 e. The van der Waals surface area contributed by atoms with E-state index in [9.17, 15) is 9.90 Å². The Labute approximate surface area is 113 Å². The molecule has 1 heterocycles. The second-order valence-electron chi connectivity index (χ2n) is 5.24. The molecule has 0 atom stereocenters. The monoisotopic (exact) mass is 267 g/mol. The Morgan fingerprint density at radius 1 is 1.53 bits per heavy atom. The van der Waals surface area contributed by atoms with E-state index in [-0.39, 0.29) is 6.61 Å². The summed E-state index contributed by atoms with van der Waals surface area (Å²) in [6.07, 6.45) is -0.580. The van der Waals surface area contributed by atoms with Crippen molar-refractivity contribution < 1.29 is 14.6 Å². The van der Waals surface area contributed by atoms with Crippen LogP contribution in [0, 0.1) is 6.92 Å². The van der Waals surface area contributed by atoms with Crippen molar-refractivity contribution in [3.8, 4) is 0 Å². The number of carbonyl (C=O) groups is 1. The molecule has 0 spiro atoms. The molecule has 1 rings (SSSR count). The lowest BCUT2D eigenvalue weighted by Gasteiger charge is -2.20. The predicted molar refractivity (Wildman–Crippen MR) is 72.6 cm³/mol. The molecule has 6 nitrogen and oxygen atoms in total. The molecule has 0 bridgehead atoms. The summed E-state index contributed by atoms with van der Waals surface area (Å²) in [5, 5.41) is 11.8. The SMILES string of the molecule is Cc1cc(NC(=O)OC(C)(C)C)nc(CO)c1CN. The fraction of sp³-hybridized carbons (Fsp3) is 0.538. The number of nitrogens with one attached hydrogen (secondary N) is 1. The molecule has 1 amide bonds. The molecule has 19 heavy (non-hydrogen) atoms. The summed E-state index contributed by atoms with van der Waals surface area (Å²) in [5.74, 6) is 0.341. The maximum atomic E-state index is 11.6. The maximum Gasteiger partial charge on any atom is 0.413 e. The van der Waals surface area contributed by atoms with Crippen LogP contribution in [0.3, 0.4) is 0 Å². The Morgan fingerprint density at radius 2 is 2.16 bits per heavy atom. The summed E-state index contributed by atoms with van der Waals surface area (Å²) in [6, 6.07) is 1.70. The van der Waals surface area contributed by atoms with E-state index in [4.69, 9.17) is 10.5 Å². The second-order valence-corrected chi connectivity index (χ2v) is 5.24. The Morgan fingerprint density at radius 3 is 2.63 bits per heavy atom. The Bertz CT molecular complexity index is 467. The lowest BCUT2D eigenvalue weighted by molar-refractivity contribution is 0.0635. The second kappa shape index (κ2) is 5.99. The minimum atomic E-state index is -0.580. The Balaban J connectivity index is 2.91. The van der Waals surface area contributed by atoms with Crippen LogP contribution in [0.1, 0.15) is 37.6 Å². The van der Waals surface area contributed by atoms with Crippen molar-refractivity contribution >= 4 is 11.9 Å². The number of nitrogens with zero attached hydrogens (tertiary/aromatic N) is 1. The number of hydrogen-bond acceptors (Lipinski definition) is 5. The molecule has 0 fully saturated rings. The van der Waals surface area contributed by atoms with Crippen molar-refractivity contribution in [3.63, 3.8) is 0 Å². The van der Waals surface area contributed by atoms with Gasteiger partial charge in [-0.2, -0.15) is 0 Å². The highest BCUT2D eigenvalue weighted by molar-refractivity contribution is 5.83. The molecule has 0 aromatic carbocycles. The quantitative estimate of drug-likeness (QED) is 0.774. The zero-order valence-corrected chi connectivity index (χ0v) is 11.8. The molecule has 0 radical (unpaired) electrons. The number of carbonyl (C=O) groups excluding carboxylic acids is 1. The molecule has 0 saturated heterocycles. The normalized spacial score (nSPS) is 11.3. The van der Waals surface area contributed by atoms with Gasteiger partial charge in [0.25, 0.3) is 0 Å². The Hall–Kier alpha value is -1.66. The number of anilines is 1. The van der Waals surface area contributed by atoms with Gasteiger partial charge in [0.05, 0.1) is 12.3 Å². The van der Waals surface area contributed by atoms with E-state index in [1.807, 2.05) is 6.92 Å². The van der Waals surface area contributed by atoms with Crippen molar-refractivity contribution in [1.82, 2.24) is 4.98 Å². The van der Waals surface area contributed by atoms with E-state index in [1.54, 1.807) is 26.8 Å². The van der Waals surface area contributed by atoms with Crippen LogP contribution < -0.4 is 11.1 Å². The maximum absolute atomic E-state index is 11.6. The zero-order chi connectivity index (χ0) is 14.6. The van der Waals surface area contributed by atoms with Crippen LogP contribution in [0.2, 0.25) is 0 Å².